The van der Waals surface area contributed by atoms with Crippen LogP contribution in [0.15, 0.2) is 40.7 Å². The molecule has 0 radical (unpaired) electrons. The Morgan fingerprint density at radius 3 is 3.31 bits per heavy atom. The summed E-state index contributed by atoms with van der Waals surface area (Å²) in [6.07, 6.45) is 13.8. The highest BCUT2D eigenvalue weighted by Gasteiger charge is 2.04. The molecule has 1 N–H and O–H groups in total. The molecule has 2 heteroatoms. The van der Waals surface area contributed by atoms with Crippen LogP contribution in [0.3, 0.4) is 0 Å². The zero-order chi connectivity index (χ0) is 8.93. The van der Waals surface area contributed by atoms with E-state index in [2.05, 4.69) is 28.5 Å². The second kappa shape index (κ2) is 4.08. The maximum absolute atomic E-state index is 4.44. The molecule has 0 fully saturated rings. The average Bonchev–Trinajstić information content (AvgIpc) is 2.30. The van der Waals surface area contributed by atoms with Gasteiger partial charge in [-0.05, 0) is 43.2 Å². The molecule has 0 amide bonds. The summed E-state index contributed by atoms with van der Waals surface area (Å²) in [5, 5.41) is 3.19. The molecule has 0 saturated heterocycles. The molecule has 0 atom stereocenters. The maximum atomic E-state index is 4.44. The normalized spacial score (nSPS) is 26.5. The first-order valence-corrected chi connectivity index (χ1v) is 4.79. The molecule has 0 spiro atoms. The topological polar surface area (TPSA) is 24.4 Å². The van der Waals surface area contributed by atoms with Crippen LogP contribution in [0.5, 0.6) is 0 Å². The number of aliphatic imine (C=N–C) groups is 1. The van der Waals surface area contributed by atoms with Crippen molar-refractivity contribution < 1.29 is 0 Å². The van der Waals surface area contributed by atoms with Gasteiger partial charge in [0.25, 0.3) is 0 Å². The van der Waals surface area contributed by atoms with E-state index in [0.717, 1.165) is 25.1 Å². The second-order valence-electron chi connectivity index (χ2n) is 3.26. The van der Waals surface area contributed by atoms with Crippen LogP contribution in [-0.2, 0) is 0 Å². The van der Waals surface area contributed by atoms with Crippen LogP contribution in [0.4, 0.5) is 0 Å². The fourth-order valence-electron chi connectivity index (χ4n) is 1.54. The fraction of sp³-hybridized carbons (Fsp3) is 0.364. The minimum Gasteiger partial charge on any atom is -0.387 e. The number of rotatable bonds is 0. The Morgan fingerprint density at radius 1 is 1.31 bits per heavy atom. The molecule has 0 aliphatic carbocycles. The second-order valence-corrected chi connectivity index (χ2v) is 3.26. The van der Waals surface area contributed by atoms with Crippen molar-refractivity contribution in [1.29, 1.82) is 0 Å². The largest absolute Gasteiger partial charge is 0.387 e. The van der Waals surface area contributed by atoms with E-state index >= 15 is 0 Å². The number of nitrogens with one attached hydrogen (secondary N) is 1. The van der Waals surface area contributed by atoms with Gasteiger partial charge in [-0.15, -0.1) is 0 Å². The molecular weight excluding hydrogens is 160 g/mol. The molecule has 0 saturated carbocycles. The van der Waals surface area contributed by atoms with Crippen molar-refractivity contribution in [3.05, 3.63) is 35.7 Å². The first-order valence-electron chi connectivity index (χ1n) is 4.79. The summed E-state index contributed by atoms with van der Waals surface area (Å²) in [7, 11) is 0. The Bertz CT molecular complexity index is 295. The van der Waals surface area contributed by atoms with E-state index < -0.39 is 0 Å². The van der Waals surface area contributed by atoms with Gasteiger partial charge in [-0.25, -0.2) is 0 Å². The van der Waals surface area contributed by atoms with E-state index in [9.17, 15) is 0 Å². The Hall–Kier alpha value is -1.31. The number of hydrogen-bond donors (Lipinski definition) is 1. The molecule has 2 nitrogen and oxygen atoms in total. The summed E-state index contributed by atoms with van der Waals surface area (Å²) in [5.74, 6) is 0. The summed E-state index contributed by atoms with van der Waals surface area (Å²) in [6, 6.07) is 0. The van der Waals surface area contributed by atoms with Crippen molar-refractivity contribution in [1.82, 2.24) is 5.32 Å². The first kappa shape index (κ1) is 8.30. The van der Waals surface area contributed by atoms with E-state index in [-0.39, 0.29) is 0 Å². The molecule has 2 aliphatic heterocycles. The van der Waals surface area contributed by atoms with Crippen LogP contribution < -0.4 is 5.32 Å². The monoisotopic (exact) mass is 174 g/mol. The molecule has 0 bridgehead atoms. The molecule has 13 heavy (non-hydrogen) atoms. The lowest BCUT2D eigenvalue weighted by Crippen LogP contribution is -2.05. The Labute approximate surface area is 78.8 Å². The maximum Gasteiger partial charge on any atom is 0.0655 e. The van der Waals surface area contributed by atoms with Gasteiger partial charge in [0.1, 0.15) is 0 Å². The quantitative estimate of drug-likeness (QED) is 0.598. The Balaban J connectivity index is 2.33. The summed E-state index contributed by atoms with van der Waals surface area (Å²) in [5.41, 5.74) is 2.48. The van der Waals surface area contributed by atoms with Gasteiger partial charge in [-0.3, -0.25) is 4.99 Å². The Morgan fingerprint density at radius 2 is 2.31 bits per heavy atom. The van der Waals surface area contributed by atoms with Crippen LogP contribution >= 0.6 is 0 Å². The van der Waals surface area contributed by atoms with Gasteiger partial charge >= 0.3 is 0 Å². The van der Waals surface area contributed by atoms with E-state index in [1.807, 2.05) is 12.4 Å². The molecule has 0 aromatic carbocycles. The van der Waals surface area contributed by atoms with Crippen LogP contribution in [0, 0.1) is 0 Å². The molecule has 68 valence electrons. The average molecular weight is 174 g/mol. The molecule has 2 aliphatic rings. The zero-order valence-electron chi connectivity index (χ0n) is 7.66. The van der Waals surface area contributed by atoms with Gasteiger partial charge in [-0.2, -0.15) is 0 Å². The lowest BCUT2D eigenvalue weighted by molar-refractivity contribution is 0.876. The third-order valence-corrected chi connectivity index (χ3v) is 2.25. The van der Waals surface area contributed by atoms with Gasteiger partial charge in [0.15, 0.2) is 0 Å². The van der Waals surface area contributed by atoms with E-state index in [1.165, 1.54) is 12.0 Å². The molecule has 0 unspecified atom stereocenters. The van der Waals surface area contributed by atoms with Crippen LogP contribution in [0.2, 0.25) is 0 Å². The molecule has 0 aromatic rings. The van der Waals surface area contributed by atoms with Gasteiger partial charge in [-0.1, -0.05) is 6.08 Å². The lowest BCUT2D eigenvalue weighted by Gasteiger charge is -2.05. The third kappa shape index (κ3) is 2.08. The Kier molecular flexibility index (Phi) is 2.60. The summed E-state index contributed by atoms with van der Waals surface area (Å²) < 4.78 is 0. The standard InChI is InChI=1S/C11H14N2/c1-2-8-13-11-5-3-7-12-9-6-10(11)4-1/h3,5-6,8-9,12H,1-2,4,7H2/b5-3+,9-6-. The number of allylic oxidation sites excluding steroid dienone is 3. The first-order chi connectivity index (χ1) is 6.47. The van der Waals surface area contributed by atoms with Crippen molar-refractivity contribution in [2.24, 2.45) is 4.99 Å². The molecule has 2 heterocycles. The van der Waals surface area contributed by atoms with Gasteiger partial charge in [0.2, 0.25) is 0 Å². The smallest absolute Gasteiger partial charge is 0.0655 e. The minimum atomic E-state index is 0.892. The summed E-state index contributed by atoms with van der Waals surface area (Å²) >= 11 is 0. The van der Waals surface area contributed by atoms with Gasteiger partial charge in [0, 0.05) is 12.8 Å². The predicted molar refractivity (Wildman–Crippen MR) is 55.7 cm³/mol. The molecule has 2 rings (SSSR count). The number of hydrogen-bond acceptors (Lipinski definition) is 2. The molecule has 0 aromatic heterocycles. The SMILES string of the molecule is C1=NC2=C(/C=C\NC/C=C/2)CCC1. The highest BCUT2D eigenvalue weighted by molar-refractivity contribution is 5.61. The highest BCUT2D eigenvalue weighted by Crippen LogP contribution is 2.19. The zero-order valence-corrected chi connectivity index (χ0v) is 7.66. The summed E-state index contributed by atoms with van der Waals surface area (Å²) in [6.45, 7) is 0.892. The van der Waals surface area contributed by atoms with Crippen molar-refractivity contribution in [2.75, 3.05) is 6.54 Å². The van der Waals surface area contributed by atoms with Gasteiger partial charge in [0.05, 0.1) is 5.70 Å². The minimum absolute atomic E-state index is 0.892. The van der Waals surface area contributed by atoms with E-state index in [0.29, 0.717) is 0 Å². The molecular formula is C11H14N2. The van der Waals surface area contributed by atoms with E-state index in [4.69, 9.17) is 0 Å². The fourth-order valence-corrected chi connectivity index (χ4v) is 1.54. The summed E-state index contributed by atoms with van der Waals surface area (Å²) in [4.78, 5) is 4.44. The number of nitrogens with zero attached hydrogens (tertiary/aromatic N) is 1. The van der Waals surface area contributed by atoms with Crippen LogP contribution in [0.25, 0.3) is 0 Å². The van der Waals surface area contributed by atoms with Crippen molar-refractivity contribution >= 4 is 6.21 Å². The predicted octanol–water partition coefficient (Wildman–Crippen LogP) is 2.17. The van der Waals surface area contributed by atoms with Gasteiger partial charge < -0.3 is 5.32 Å². The van der Waals surface area contributed by atoms with Crippen molar-refractivity contribution in [2.45, 2.75) is 19.3 Å². The van der Waals surface area contributed by atoms with Crippen molar-refractivity contribution in [3.63, 3.8) is 0 Å². The van der Waals surface area contributed by atoms with Crippen LogP contribution in [0.1, 0.15) is 19.3 Å². The lowest BCUT2D eigenvalue weighted by atomic mass is 10.1. The van der Waals surface area contributed by atoms with Crippen LogP contribution in [-0.4, -0.2) is 12.8 Å². The third-order valence-electron chi connectivity index (χ3n) is 2.25. The van der Waals surface area contributed by atoms with Crippen molar-refractivity contribution in [3.8, 4) is 0 Å². The van der Waals surface area contributed by atoms with E-state index in [1.54, 1.807) is 0 Å². The highest BCUT2D eigenvalue weighted by atomic mass is 14.8.